The van der Waals surface area contributed by atoms with Crippen LogP contribution in [0, 0.1) is 0 Å². The number of hydrogen-bond donors (Lipinski definition) is 1. The Balaban J connectivity index is 2.43. The summed E-state index contributed by atoms with van der Waals surface area (Å²) >= 11 is 14.4. The van der Waals surface area contributed by atoms with Crippen molar-refractivity contribution in [1.82, 2.24) is 5.32 Å². The van der Waals surface area contributed by atoms with Gasteiger partial charge in [-0.2, -0.15) is 11.8 Å². The third kappa shape index (κ3) is 2.76. The molecule has 2 unspecified atom stereocenters. The number of halogens is 2. The van der Waals surface area contributed by atoms with Crippen molar-refractivity contribution in [2.24, 2.45) is 0 Å². The van der Waals surface area contributed by atoms with Crippen LogP contribution < -0.4 is 5.32 Å². The van der Waals surface area contributed by atoms with Crippen molar-refractivity contribution in [3.63, 3.8) is 0 Å². The summed E-state index contributed by atoms with van der Waals surface area (Å²) < 4.78 is 0. The second-order valence-electron chi connectivity index (χ2n) is 4.25. The molecule has 0 spiro atoms. The number of rotatable bonds is 3. The molecule has 2 rings (SSSR count). The molecule has 0 amide bonds. The van der Waals surface area contributed by atoms with E-state index >= 15 is 0 Å². The smallest absolute Gasteiger partial charge is 0.0464 e. The normalized spacial score (nSPS) is 23.5. The quantitative estimate of drug-likeness (QED) is 0.868. The van der Waals surface area contributed by atoms with Gasteiger partial charge in [-0.05, 0) is 36.2 Å². The highest BCUT2D eigenvalue weighted by molar-refractivity contribution is 7.99. The highest BCUT2D eigenvalue weighted by Gasteiger charge is 2.29. The van der Waals surface area contributed by atoms with Crippen molar-refractivity contribution in [3.8, 4) is 0 Å². The summed E-state index contributed by atoms with van der Waals surface area (Å²) in [6.07, 6.45) is 1.16. The Morgan fingerprint density at radius 2 is 2.12 bits per heavy atom. The molecule has 1 heterocycles. The van der Waals surface area contributed by atoms with E-state index in [2.05, 4.69) is 25.2 Å². The zero-order valence-electron chi connectivity index (χ0n) is 10.1. The molecule has 0 radical (unpaired) electrons. The zero-order valence-corrected chi connectivity index (χ0v) is 12.4. The standard InChI is InChI=1S/C13H17Cl2NS/c1-3-12-13(16-4-2)9-5-8(14)6-11(15)10(9)7-17-12/h5-6,12-13,16H,3-4,7H2,1-2H3. The van der Waals surface area contributed by atoms with E-state index in [4.69, 9.17) is 23.2 Å². The number of nitrogens with one attached hydrogen (secondary N) is 1. The molecule has 1 N–H and O–H groups in total. The summed E-state index contributed by atoms with van der Waals surface area (Å²) in [5.74, 6) is 0.992. The molecule has 0 aliphatic carbocycles. The van der Waals surface area contributed by atoms with Crippen molar-refractivity contribution in [3.05, 3.63) is 33.3 Å². The summed E-state index contributed by atoms with van der Waals surface area (Å²) in [6.45, 7) is 5.34. The van der Waals surface area contributed by atoms with Crippen LogP contribution in [0.1, 0.15) is 37.4 Å². The lowest BCUT2D eigenvalue weighted by atomic mass is 9.96. The molecule has 0 fully saturated rings. The lowest BCUT2D eigenvalue weighted by Gasteiger charge is -2.34. The van der Waals surface area contributed by atoms with Gasteiger partial charge < -0.3 is 5.32 Å². The van der Waals surface area contributed by atoms with Gasteiger partial charge in [-0.3, -0.25) is 0 Å². The van der Waals surface area contributed by atoms with Gasteiger partial charge in [-0.25, -0.2) is 0 Å². The van der Waals surface area contributed by atoms with Gasteiger partial charge in [0.25, 0.3) is 0 Å². The summed E-state index contributed by atoms with van der Waals surface area (Å²) in [7, 11) is 0. The van der Waals surface area contributed by atoms with Gasteiger partial charge in [0.05, 0.1) is 0 Å². The predicted octanol–water partition coefficient (Wildman–Crippen LogP) is 4.67. The molecule has 17 heavy (non-hydrogen) atoms. The van der Waals surface area contributed by atoms with Crippen LogP contribution in [0.2, 0.25) is 10.0 Å². The maximum Gasteiger partial charge on any atom is 0.0464 e. The molecule has 0 aromatic heterocycles. The van der Waals surface area contributed by atoms with E-state index in [1.54, 1.807) is 0 Å². The second-order valence-corrected chi connectivity index (χ2v) is 6.32. The highest BCUT2D eigenvalue weighted by Crippen LogP contribution is 2.43. The molecule has 0 bridgehead atoms. The van der Waals surface area contributed by atoms with E-state index in [0.29, 0.717) is 11.3 Å². The predicted molar refractivity (Wildman–Crippen MR) is 78.3 cm³/mol. The van der Waals surface area contributed by atoms with Gasteiger partial charge in [-0.1, -0.05) is 37.0 Å². The van der Waals surface area contributed by atoms with Gasteiger partial charge in [0.15, 0.2) is 0 Å². The fourth-order valence-corrected chi connectivity index (χ4v) is 4.38. The van der Waals surface area contributed by atoms with Crippen LogP contribution >= 0.6 is 35.0 Å². The SMILES string of the molecule is CCNC1c2cc(Cl)cc(Cl)c2CSC1CC. The summed E-state index contributed by atoms with van der Waals surface area (Å²) in [4.78, 5) is 0. The fraction of sp³-hybridized carbons (Fsp3) is 0.538. The van der Waals surface area contributed by atoms with Crippen LogP contribution in [0.5, 0.6) is 0 Å². The third-order valence-electron chi connectivity index (χ3n) is 3.17. The molecule has 2 atom stereocenters. The average molecular weight is 290 g/mol. The van der Waals surface area contributed by atoms with Crippen LogP contribution in [-0.4, -0.2) is 11.8 Å². The van der Waals surface area contributed by atoms with Crippen LogP contribution in [0.25, 0.3) is 0 Å². The molecule has 4 heteroatoms. The van der Waals surface area contributed by atoms with E-state index in [0.717, 1.165) is 28.8 Å². The van der Waals surface area contributed by atoms with Crippen LogP contribution in [0.4, 0.5) is 0 Å². The fourth-order valence-electron chi connectivity index (χ4n) is 2.35. The number of thioether (sulfide) groups is 1. The van der Waals surface area contributed by atoms with Crippen molar-refractivity contribution in [1.29, 1.82) is 0 Å². The van der Waals surface area contributed by atoms with E-state index in [-0.39, 0.29) is 0 Å². The van der Waals surface area contributed by atoms with E-state index in [9.17, 15) is 0 Å². The molecule has 1 aliphatic rings. The third-order valence-corrected chi connectivity index (χ3v) is 5.21. The maximum atomic E-state index is 6.28. The highest BCUT2D eigenvalue weighted by atomic mass is 35.5. The number of fused-ring (bicyclic) bond motifs is 1. The maximum absolute atomic E-state index is 6.28. The van der Waals surface area contributed by atoms with Crippen molar-refractivity contribution >= 4 is 35.0 Å². The molecule has 1 aromatic rings. The minimum Gasteiger partial charge on any atom is -0.309 e. The van der Waals surface area contributed by atoms with Crippen molar-refractivity contribution in [2.45, 2.75) is 37.3 Å². The first-order valence-corrected chi connectivity index (χ1v) is 7.80. The summed E-state index contributed by atoms with van der Waals surface area (Å²) in [6, 6.07) is 4.28. The van der Waals surface area contributed by atoms with Gasteiger partial charge in [0.1, 0.15) is 0 Å². The van der Waals surface area contributed by atoms with E-state index in [1.165, 1.54) is 11.1 Å². The Bertz CT molecular complexity index is 409. The molecule has 0 saturated heterocycles. The number of benzene rings is 1. The Morgan fingerprint density at radius 1 is 1.35 bits per heavy atom. The molecular formula is C13H17Cl2NS. The molecule has 94 valence electrons. The summed E-state index contributed by atoms with van der Waals surface area (Å²) in [5, 5.41) is 5.70. The van der Waals surface area contributed by atoms with Gasteiger partial charge >= 0.3 is 0 Å². The second kappa shape index (κ2) is 5.83. The van der Waals surface area contributed by atoms with Gasteiger partial charge in [0, 0.05) is 27.1 Å². The van der Waals surface area contributed by atoms with E-state index < -0.39 is 0 Å². The van der Waals surface area contributed by atoms with E-state index in [1.807, 2.05) is 17.8 Å². The Morgan fingerprint density at radius 3 is 2.76 bits per heavy atom. The van der Waals surface area contributed by atoms with Crippen molar-refractivity contribution in [2.75, 3.05) is 6.54 Å². The minimum atomic E-state index is 0.370. The first-order valence-electron chi connectivity index (χ1n) is 6.00. The molecular weight excluding hydrogens is 273 g/mol. The zero-order chi connectivity index (χ0) is 12.4. The first kappa shape index (κ1) is 13.5. The lowest BCUT2D eigenvalue weighted by Crippen LogP contribution is -2.33. The van der Waals surface area contributed by atoms with Crippen LogP contribution in [0.15, 0.2) is 12.1 Å². The summed E-state index contributed by atoms with van der Waals surface area (Å²) in [5.41, 5.74) is 2.53. The molecule has 0 saturated carbocycles. The average Bonchev–Trinajstić information content (AvgIpc) is 2.30. The van der Waals surface area contributed by atoms with Gasteiger partial charge in [0.2, 0.25) is 0 Å². The topological polar surface area (TPSA) is 12.0 Å². The first-order chi connectivity index (χ1) is 8.17. The van der Waals surface area contributed by atoms with Gasteiger partial charge in [-0.15, -0.1) is 0 Å². The monoisotopic (exact) mass is 289 g/mol. The Kier molecular flexibility index (Phi) is 4.65. The molecule has 1 aromatic carbocycles. The number of hydrogen-bond acceptors (Lipinski definition) is 2. The molecule has 1 nitrogen and oxygen atoms in total. The lowest BCUT2D eigenvalue weighted by molar-refractivity contribution is 0.514. The van der Waals surface area contributed by atoms with Crippen LogP contribution in [-0.2, 0) is 5.75 Å². The van der Waals surface area contributed by atoms with Crippen LogP contribution in [0.3, 0.4) is 0 Å². The minimum absolute atomic E-state index is 0.370. The largest absolute Gasteiger partial charge is 0.309 e. The molecule has 1 aliphatic heterocycles. The Labute approximate surface area is 117 Å². The van der Waals surface area contributed by atoms with Crippen molar-refractivity contribution < 1.29 is 0 Å². The Hall–Kier alpha value is 0.110.